The Kier molecular flexibility index (Phi) is 6.34. The Morgan fingerprint density at radius 1 is 1.27 bits per heavy atom. The minimum Gasteiger partial charge on any atom is -0.455 e. The number of nitrogens with one attached hydrogen (secondary N) is 3. The molecule has 11 nitrogen and oxygen atoms in total. The molecule has 1 aliphatic heterocycles. The average Bonchev–Trinajstić information content (AvgIpc) is 3.22. The van der Waals surface area contributed by atoms with E-state index < -0.39 is 11.7 Å². The first-order valence-electron chi connectivity index (χ1n) is 11.9. The van der Waals surface area contributed by atoms with Gasteiger partial charge in [-0.15, -0.1) is 0 Å². The van der Waals surface area contributed by atoms with Crippen molar-refractivity contribution in [1.29, 1.82) is 5.41 Å². The van der Waals surface area contributed by atoms with Crippen molar-refractivity contribution >= 4 is 44.9 Å². The highest BCUT2D eigenvalue weighted by Gasteiger charge is 2.25. The molecule has 1 saturated heterocycles. The summed E-state index contributed by atoms with van der Waals surface area (Å²) in [7, 11) is 1.71. The molecular weight excluding hydrogens is 477 g/mol. The van der Waals surface area contributed by atoms with Gasteiger partial charge in [-0.05, 0) is 38.1 Å². The lowest BCUT2D eigenvalue weighted by atomic mass is 10.0. The molecule has 192 valence electrons. The van der Waals surface area contributed by atoms with Gasteiger partial charge in [0.05, 0.1) is 11.1 Å². The molecule has 1 fully saturated rings. The number of ether oxygens (including phenoxy) is 1. The molecule has 1 amide bonds. The molecule has 3 heterocycles. The van der Waals surface area contributed by atoms with Gasteiger partial charge < -0.3 is 26.0 Å². The van der Waals surface area contributed by atoms with E-state index in [9.17, 15) is 9.18 Å². The second kappa shape index (κ2) is 9.62. The highest BCUT2D eigenvalue weighted by Crippen LogP contribution is 2.31. The van der Waals surface area contributed by atoms with Crippen LogP contribution < -0.4 is 26.0 Å². The van der Waals surface area contributed by atoms with E-state index in [1.165, 1.54) is 10.7 Å². The van der Waals surface area contributed by atoms with Gasteiger partial charge in [0.15, 0.2) is 5.82 Å². The molecule has 37 heavy (non-hydrogen) atoms. The molecule has 5 N–H and O–H groups in total. The summed E-state index contributed by atoms with van der Waals surface area (Å²) >= 11 is 0. The first-order chi connectivity index (χ1) is 17.7. The summed E-state index contributed by atoms with van der Waals surface area (Å²) in [6.45, 7) is 5.62. The smallest absolute Gasteiger partial charge is 0.317 e. The second-order valence-electron chi connectivity index (χ2n) is 9.39. The van der Waals surface area contributed by atoms with Crippen molar-refractivity contribution in [3.8, 4) is 6.01 Å². The number of halogens is 1. The van der Waals surface area contributed by atoms with Crippen molar-refractivity contribution in [1.82, 2.24) is 25.1 Å². The molecule has 0 spiro atoms. The van der Waals surface area contributed by atoms with Gasteiger partial charge >= 0.3 is 6.01 Å². The van der Waals surface area contributed by atoms with Crippen LogP contribution in [-0.2, 0) is 7.05 Å². The standard InChI is InChI=1S/C25H28FN9O2/c1-13-9-35(10-14(2)30-13)20-5-4-17(23-18(20)8-29-25(32-23)37-12-21(27)28)24(36)31-16-6-15-11-34(3)33-22(15)19(26)7-16/h4-8,11,13-14,30H,9-10,12H2,1-3H3,(H3,27,28)(H,31,36)/t13-,14-/m0/s1. The number of hydrogen-bond acceptors (Lipinski definition) is 8. The van der Waals surface area contributed by atoms with E-state index in [2.05, 4.69) is 44.4 Å². The Morgan fingerprint density at radius 3 is 2.76 bits per heavy atom. The van der Waals surface area contributed by atoms with Crippen LogP contribution >= 0.6 is 0 Å². The van der Waals surface area contributed by atoms with Crippen LogP contribution in [0.15, 0.2) is 36.7 Å². The lowest BCUT2D eigenvalue weighted by Gasteiger charge is -2.38. The number of piperazine rings is 1. The van der Waals surface area contributed by atoms with Gasteiger partial charge in [0, 0.05) is 66.8 Å². The van der Waals surface area contributed by atoms with Gasteiger partial charge in [0.25, 0.3) is 5.91 Å². The molecule has 0 unspecified atom stereocenters. The molecule has 2 atom stereocenters. The third-order valence-corrected chi connectivity index (χ3v) is 6.14. The van der Waals surface area contributed by atoms with Crippen molar-refractivity contribution < 1.29 is 13.9 Å². The lowest BCUT2D eigenvalue weighted by molar-refractivity contribution is 0.102. The summed E-state index contributed by atoms with van der Waals surface area (Å²) in [6.07, 6.45) is 3.29. The zero-order chi connectivity index (χ0) is 26.3. The largest absolute Gasteiger partial charge is 0.455 e. The number of aryl methyl sites for hydroxylation is 1. The van der Waals surface area contributed by atoms with Gasteiger partial charge in [0.2, 0.25) is 0 Å². The van der Waals surface area contributed by atoms with Gasteiger partial charge in [0.1, 0.15) is 18.0 Å². The number of aromatic nitrogens is 4. The first kappa shape index (κ1) is 24.4. The monoisotopic (exact) mass is 505 g/mol. The zero-order valence-corrected chi connectivity index (χ0v) is 20.7. The zero-order valence-electron chi connectivity index (χ0n) is 20.7. The third-order valence-electron chi connectivity index (χ3n) is 6.14. The summed E-state index contributed by atoms with van der Waals surface area (Å²) < 4.78 is 21.5. The van der Waals surface area contributed by atoms with E-state index in [0.29, 0.717) is 22.0 Å². The van der Waals surface area contributed by atoms with Crippen LogP contribution in [0.1, 0.15) is 24.2 Å². The maximum atomic E-state index is 14.6. The predicted molar refractivity (Wildman–Crippen MR) is 140 cm³/mol. The first-order valence-corrected chi connectivity index (χ1v) is 11.9. The van der Waals surface area contributed by atoms with Gasteiger partial charge in [-0.25, -0.2) is 9.37 Å². The molecule has 5 rings (SSSR count). The van der Waals surface area contributed by atoms with Crippen LogP contribution in [0, 0.1) is 11.2 Å². The van der Waals surface area contributed by atoms with Crippen LogP contribution in [0.3, 0.4) is 0 Å². The van der Waals surface area contributed by atoms with E-state index in [4.69, 9.17) is 15.9 Å². The van der Waals surface area contributed by atoms with Crippen LogP contribution in [0.2, 0.25) is 0 Å². The normalized spacial score (nSPS) is 17.8. The molecule has 0 bridgehead atoms. The number of nitrogens with two attached hydrogens (primary N) is 1. The SMILES string of the molecule is C[C@H]1CN(c2ccc(C(=O)Nc3cc(F)c4nn(C)cc4c3)c3nc(OCC(=N)N)ncc23)C[C@H](C)N1. The number of nitrogens with zero attached hydrogens (tertiary/aromatic N) is 5. The van der Waals surface area contributed by atoms with E-state index in [-0.39, 0.29) is 41.6 Å². The summed E-state index contributed by atoms with van der Waals surface area (Å²) in [5, 5.41) is 19.1. The summed E-state index contributed by atoms with van der Waals surface area (Å²) in [5.41, 5.74) is 7.49. The number of amidine groups is 1. The number of rotatable bonds is 6. The van der Waals surface area contributed by atoms with Crippen LogP contribution in [-0.4, -0.2) is 63.3 Å². The fourth-order valence-corrected chi connectivity index (χ4v) is 4.77. The Labute approximate surface area is 212 Å². The topological polar surface area (TPSA) is 147 Å². The van der Waals surface area contributed by atoms with Crippen molar-refractivity contribution in [3.63, 3.8) is 0 Å². The van der Waals surface area contributed by atoms with Crippen LogP contribution in [0.25, 0.3) is 21.8 Å². The highest BCUT2D eigenvalue weighted by atomic mass is 19.1. The van der Waals surface area contributed by atoms with Crippen molar-refractivity contribution in [2.24, 2.45) is 12.8 Å². The maximum Gasteiger partial charge on any atom is 0.317 e. The summed E-state index contributed by atoms with van der Waals surface area (Å²) in [4.78, 5) is 24.4. The molecule has 0 aliphatic carbocycles. The Balaban J connectivity index is 1.54. The van der Waals surface area contributed by atoms with E-state index in [1.807, 2.05) is 6.07 Å². The number of amides is 1. The molecule has 0 radical (unpaired) electrons. The van der Waals surface area contributed by atoms with E-state index >= 15 is 0 Å². The fraction of sp³-hybridized carbons (Fsp3) is 0.320. The quantitative estimate of drug-likeness (QED) is 0.231. The Hall–Kier alpha value is -4.32. The second-order valence-corrected chi connectivity index (χ2v) is 9.39. The maximum absolute atomic E-state index is 14.6. The molecule has 1 aliphatic rings. The highest BCUT2D eigenvalue weighted by molar-refractivity contribution is 6.14. The fourth-order valence-electron chi connectivity index (χ4n) is 4.77. The number of fused-ring (bicyclic) bond motifs is 2. The lowest BCUT2D eigenvalue weighted by Crippen LogP contribution is -2.54. The van der Waals surface area contributed by atoms with E-state index in [0.717, 1.165) is 18.8 Å². The van der Waals surface area contributed by atoms with Crippen LogP contribution in [0.5, 0.6) is 6.01 Å². The van der Waals surface area contributed by atoms with Crippen molar-refractivity contribution in [3.05, 3.63) is 48.0 Å². The molecule has 0 saturated carbocycles. The van der Waals surface area contributed by atoms with Crippen molar-refractivity contribution in [2.75, 3.05) is 29.9 Å². The molecule has 2 aromatic heterocycles. The number of hydrogen-bond donors (Lipinski definition) is 4. The molecular formula is C25H28FN9O2. The van der Waals surface area contributed by atoms with Gasteiger partial charge in [-0.1, -0.05) is 0 Å². The number of carbonyl (C=O) groups is 1. The van der Waals surface area contributed by atoms with Gasteiger partial charge in [-0.2, -0.15) is 10.1 Å². The molecule has 2 aromatic carbocycles. The number of anilines is 2. The number of carbonyl (C=O) groups excluding carboxylic acids is 1. The predicted octanol–water partition coefficient (Wildman–Crippen LogP) is 2.41. The molecule has 4 aromatic rings. The minimum atomic E-state index is -0.530. The minimum absolute atomic E-state index is 0.00114. The Bertz CT molecular complexity index is 1510. The van der Waals surface area contributed by atoms with Crippen LogP contribution in [0.4, 0.5) is 15.8 Å². The van der Waals surface area contributed by atoms with E-state index in [1.54, 1.807) is 31.6 Å². The third kappa shape index (κ3) is 5.00. The average molecular weight is 506 g/mol. The summed E-state index contributed by atoms with van der Waals surface area (Å²) in [5.74, 6) is -1.16. The molecule has 12 heteroatoms. The Morgan fingerprint density at radius 2 is 2.03 bits per heavy atom. The number of benzene rings is 2. The summed E-state index contributed by atoms with van der Waals surface area (Å²) in [6, 6.07) is 7.04. The van der Waals surface area contributed by atoms with Gasteiger partial charge in [-0.3, -0.25) is 14.9 Å². The van der Waals surface area contributed by atoms with Crippen molar-refractivity contribution in [2.45, 2.75) is 25.9 Å².